The van der Waals surface area contributed by atoms with Crippen molar-refractivity contribution < 1.29 is 4.74 Å². The van der Waals surface area contributed by atoms with E-state index in [4.69, 9.17) is 4.74 Å². The number of hydrogen-bond acceptors (Lipinski definition) is 3. The second kappa shape index (κ2) is 6.11. The first-order valence-corrected chi connectivity index (χ1v) is 7.48. The van der Waals surface area contributed by atoms with Crippen LogP contribution in [-0.4, -0.2) is 6.61 Å². The quantitative estimate of drug-likeness (QED) is 0.834. The summed E-state index contributed by atoms with van der Waals surface area (Å²) in [5.74, 6) is 0.920. The second-order valence-electron chi connectivity index (χ2n) is 4.69. The van der Waals surface area contributed by atoms with Crippen molar-refractivity contribution in [2.75, 3.05) is 11.9 Å². The monoisotopic (exact) mass is 275 g/mol. The van der Waals surface area contributed by atoms with E-state index in [0.29, 0.717) is 12.6 Å². The molecule has 1 N–H and O–H groups in total. The smallest absolute Gasteiger partial charge is 0.119 e. The van der Waals surface area contributed by atoms with Crippen molar-refractivity contribution in [3.05, 3.63) is 45.6 Å². The highest BCUT2D eigenvalue weighted by Gasteiger charge is 2.10. The third-order valence-electron chi connectivity index (χ3n) is 3.09. The molecule has 0 spiro atoms. The van der Waals surface area contributed by atoms with Gasteiger partial charge in [0, 0.05) is 21.5 Å². The summed E-state index contributed by atoms with van der Waals surface area (Å²) in [6.07, 6.45) is 0. The average molecular weight is 275 g/mol. The van der Waals surface area contributed by atoms with E-state index in [9.17, 15) is 0 Å². The van der Waals surface area contributed by atoms with Crippen molar-refractivity contribution in [1.29, 1.82) is 0 Å². The second-order valence-corrected chi connectivity index (χ2v) is 6.15. The van der Waals surface area contributed by atoms with Gasteiger partial charge in [-0.1, -0.05) is 0 Å². The molecule has 1 unspecified atom stereocenters. The Morgan fingerprint density at radius 3 is 2.42 bits per heavy atom. The molecule has 0 aliphatic carbocycles. The fourth-order valence-electron chi connectivity index (χ4n) is 2.22. The number of thiophene rings is 1. The molecule has 0 amide bonds. The minimum Gasteiger partial charge on any atom is -0.494 e. The zero-order valence-electron chi connectivity index (χ0n) is 12.0. The van der Waals surface area contributed by atoms with Gasteiger partial charge in [-0.25, -0.2) is 0 Å². The Bertz CT molecular complexity index is 530. The molecule has 1 aromatic heterocycles. The summed E-state index contributed by atoms with van der Waals surface area (Å²) in [5.41, 5.74) is 2.51. The molecule has 19 heavy (non-hydrogen) atoms. The largest absolute Gasteiger partial charge is 0.494 e. The van der Waals surface area contributed by atoms with Crippen LogP contribution in [0.5, 0.6) is 5.75 Å². The van der Waals surface area contributed by atoms with Crippen LogP contribution in [0.15, 0.2) is 30.3 Å². The molecule has 0 bridgehead atoms. The molecule has 3 heteroatoms. The van der Waals surface area contributed by atoms with Crippen molar-refractivity contribution in [2.45, 2.75) is 33.7 Å². The van der Waals surface area contributed by atoms with E-state index in [2.05, 4.69) is 44.3 Å². The van der Waals surface area contributed by atoms with Crippen LogP contribution in [0.3, 0.4) is 0 Å². The number of aryl methyl sites for hydroxylation is 2. The van der Waals surface area contributed by atoms with Gasteiger partial charge in [-0.2, -0.15) is 0 Å². The van der Waals surface area contributed by atoms with E-state index in [-0.39, 0.29) is 0 Å². The minimum absolute atomic E-state index is 0.322. The molecule has 0 radical (unpaired) electrons. The van der Waals surface area contributed by atoms with E-state index in [0.717, 1.165) is 11.4 Å². The maximum atomic E-state index is 5.45. The van der Waals surface area contributed by atoms with Crippen LogP contribution in [0.4, 0.5) is 5.69 Å². The number of anilines is 1. The van der Waals surface area contributed by atoms with Crippen LogP contribution in [-0.2, 0) is 0 Å². The summed E-state index contributed by atoms with van der Waals surface area (Å²) in [5, 5.41) is 3.53. The van der Waals surface area contributed by atoms with Gasteiger partial charge in [0.15, 0.2) is 0 Å². The Morgan fingerprint density at radius 1 is 1.21 bits per heavy atom. The average Bonchev–Trinajstić information content (AvgIpc) is 2.71. The molecule has 0 saturated carbocycles. The van der Waals surface area contributed by atoms with Crippen molar-refractivity contribution in [3.8, 4) is 5.75 Å². The fourth-order valence-corrected chi connectivity index (χ4v) is 3.24. The lowest BCUT2D eigenvalue weighted by Gasteiger charge is -2.15. The van der Waals surface area contributed by atoms with Gasteiger partial charge < -0.3 is 10.1 Å². The van der Waals surface area contributed by atoms with Gasteiger partial charge >= 0.3 is 0 Å². The predicted octanol–water partition coefficient (Wildman–Crippen LogP) is 4.94. The summed E-state index contributed by atoms with van der Waals surface area (Å²) < 4.78 is 5.45. The van der Waals surface area contributed by atoms with Gasteiger partial charge in [-0.15, -0.1) is 11.3 Å². The van der Waals surface area contributed by atoms with Gasteiger partial charge in [0.2, 0.25) is 0 Å². The van der Waals surface area contributed by atoms with E-state index < -0.39 is 0 Å². The summed E-state index contributed by atoms with van der Waals surface area (Å²) in [6.45, 7) is 9.24. The molecule has 0 aliphatic heterocycles. The molecule has 1 aromatic carbocycles. The molecule has 2 nitrogen and oxygen atoms in total. The number of ether oxygens (including phenoxy) is 1. The maximum Gasteiger partial charge on any atom is 0.119 e. The number of hydrogen-bond donors (Lipinski definition) is 1. The highest BCUT2D eigenvalue weighted by atomic mass is 32.1. The lowest BCUT2D eigenvalue weighted by Crippen LogP contribution is -2.06. The summed E-state index contributed by atoms with van der Waals surface area (Å²) in [4.78, 5) is 2.76. The first-order valence-electron chi connectivity index (χ1n) is 6.66. The summed E-state index contributed by atoms with van der Waals surface area (Å²) in [6, 6.07) is 10.7. The summed E-state index contributed by atoms with van der Waals surface area (Å²) in [7, 11) is 0. The van der Waals surface area contributed by atoms with E-state index in [1.807, 2.05) is 30.4 Å². The van der Waals surface area contributed by atoms with Crippen LogP contribution in [0.25, 0.3) is 0 Å². The molecule has 1 heterocycles. The molecule has 0 fully saturated rings. The van der Waals surface area contributed by atoms with Crippen molar-refractivity contribution in [2.24, 2.45) is 0 Å². The Balaban J connectivity index is 2.06. The first-order chi connectivity index (χ1) is 9.10. The molecule has 2 rings (SSSR count). The van der Waals surface area contributed by atoms with Gasteiger partial charge in [-0.3, -0.25) is 0 Å². The van der Waals surface area contributed by atoms with Gasteiger partial charge in [0.1, 0.15) is 5.75 Å². The lowest BCUT2D eigenvalue weighted by molar-refractivity contribution is 0.340. The van der Waals surface area contributed by atoms with Crippen molar-refractivity contribution in [3.63, 3.8) is 0 Å². The first kappa shape index (κ1) is 13.9. The Morgan fingerprint density at radius 2 is 1.89 bits per heavy atom. The van der Waals surface area contributed by atoms with Crippen LogP contribution in [0.1, 0.15) is 35.2 Å². The van der Waals surface area contributed by atoms with Gasteiger partial charge in [-0.05, 0) is 63.6 Å². The maximum absolute atomic E-state index is 5.45. The minimum atomic E-state index is 0.322. The molecule has 0 aliphatic rings. The van der Waals surface area contributed by atoms with Crippen LogP contribution >= 0.6 is 11.3 Å². The Labute approximate surface area is 119 Å². The van der Waals surface area contributed by atoms with Crippen LogP contribution in [0.2, 0.25) is 0 Å². The van der Waals surface area contributed by atoms with Crippen molar-refractivity contribution in [1.82, 2.24) is 0 Å². The highest BCUT2D eigenvalue weighted by molar-refractivity contribution is 7.12. The van der Waals surface area contributed by atoms with Crippen LogP contribution < -0.4 is 10.1 Å². The Hall–Kier alpha value is -1.48. The SMILES string of the molecule is CCOc1ccc(NC(C)c2cc(C)sc2C)cc1. The van der Waals surface area contributed by atoms with Crippen molar-refractivity contribution >= 4 is 17.0 Å². The zero-order chi connectivity index (χ0) is 13.8. The normalized spacial score (nSPS) is 12.2. The summed E-state index contributed by atoms with van der Waals surface area (Å²) >= 11 is 1.86. The molecule has 2 aromatic rings. The Kier molecular flexibility index (Phi) is 4.48. The van der Waals surface area contributed by atoms with Gasteiger partial charge in [0.05, 0.1) is 6.61 Å². The zero-order valence-corrected chi connectivity index (χ0v) is 12.8. The van der Waals surface area contributed by atoms with Gasteiger partial charge in [0.25, 0.3) is 0 Å². The lowest BCUT2D eigenvalue weighted by atomic mass is 10.1. The third-order valence-corrected chi connectivity index (χ3v) is 4.08. The molecular formula is C16H21NOS. The topological polar surface area (TPSA) is 21.3 Å². The highest BCUT2D eigenvalue weighted by Crippen LogP contribution is 2.29. The number of rotatable bonds is 5. The van der Waals surface area contributed by atoms with Crippen LogP contribution in [0, 0.1) is 13.8 Å². The van der Waals surface area contributed by atoms with E-state index in [1.54, 1.807) is 0 Å². The molecular weight excluding hydrogens is 254 g/mol. The van der Waals surface area contributed by atoms with E-state index >= 15 is 0 Å². The molecule has 0 saturated heterocycles. The predicted molar refractivity (Wildman–Crippen MR) is 83.4 cm³/mol. The molecule has 102 valence electrons. The standard InChI is InChI=1S/C16H21NOS/c1-5-18-15-8-6-14(7-9-15)17-12(3)16-10-11(2)19-13(16)4/h6-10,12,17H,5H2,1-4H3. The third kappa shape index (κ3) is 3.51. The van der Waals surface area contributed by atoms with E-state index in [1.165, 1.54) is 15.3 Å². The molecule has 1 atom stereocenters. The number of nitrogens with one attached hydrogen (secondary N) is 1. The number of benzene rings is 1. The fraction of sp³-hybridized carbons (Fsp3) is 0.375.